The van der Waals surface area contributed by atoms with Crippen LogP contribution in [0, 0.1) is 12.0 Å². The van der Waals surface area contributed by atoms with Crippen molar-refractivity contribution in [2.45, 2.75) is 26.7 Å². The molecule has 1 nitrogen and oxygen atoms in total. The van der Waals surface area contributed by atoms with Crippen molar-refractivity contribution < 1.29 is 22.1 Å². The maximum absolute atomic E-state index is 7.00. The Morgan fingerprint density at radius 3 is 2.08 bits per heavy atom. The molecule has 1 aliphatic carbocycles. The summed E-state index contributed by atoms with van der Waals surface area (Å²) in [5.74, 6) is 1.81. The van der Waals surface area contributed by atoms with E-state index in [0.29, 0.717) is 5.92 Å². The Morgan fingerprint density at radius 1 is 1.00 bits per heavy atom. The fraction of sp³-hybridized carbons (Fsp3) is 0.250. The van der Waals surface area contributed by atoms with Crippen molar-refractivity contribution in [3.05, 3.63) is 83.3 Å². The first-order valence-electron chi connectivity index (χ1n) is 7.51. The van der Waals surface area contributed by atoms with E-state index in [9.17, 15) is 0 Å². The Kier molecular flexibility index (Phi) is 14.4. The molecule has 3 rings (SSSR count). The number of aliphatic hydroxyl groups excluding tert-OH is 1. The van der Waals surface area contributed by atoms with Gasteiger partial charge in [-0.25, -0.2) is 0 Å². The van der Waals surface area contributed by atoms with Gasteiger partial charge in [-0.05, 0) is 11.1 Å². The van der Waals surface area contributed by atoms with Crippen LogP contribution in [0.3, 0.4) is 0 Å². The first-order chi connectivity index (χ1) is 11.6. The van der Waals surface area contributed by atoms with E-state index in [1.54, 1.807) is 0 Å². The number of rotatable bonds is 1. The molecule has 1 unspecified atom stereocenters. The van der Waals surface area contributed by atoms with Gasteiger partial charge >= 0.3 is 35.6 Å². The van der Waals surface area contributed by atoms with E-state index in [-0.39, 0.29) is 0 Å². The minimum Gasteiger partial charge on any atom is -0.179 e. The standard InChI is InChI=1S/C15H11.C4H9.CH4O.2ClH.Ti/c1-2-6-12(7-3-1)15-11-10-13-8-4-5-9-14(13)15;1-4(2)3;1-2;;;/h1-6,8-11,15H;1-3H3;2H,1H3;2*1H;/q2*-1;;;;+2/p-2. The van der Waals surface area contributed by atoms with Crippen LogP contribution in [-0.2, 0) is 17.0 Å². The van der Waals surface area contributed by atoms with Crippen molar-refractivity contribution in [1.82, 2.24) is 0 Å². The third kappa shape index (κ3) is 9.06. The average molecular weight is 399 g/mol. The molecule has 24 heavy (non-hydrogen) atoms. The van der Waals surface area contributed by atoms with E-state index in [4.69, 9.17) is 23.7 Å². The molecule has 0 heterocycles. The molecular weight excluding hydrogens is 375 g/mol. The second-order valence-electron chi connectivity index (χ2n) is 5.36. The zero-order valence-corrected chi connectivity index (χ0v) is 17.6. The first kappa shape index (κ1) is 23.4. The molecule has 0 spiro atoms. The number of halogens is 2. The van der Waals surface area contributed by atoms with Gasteiger partial charge in [0.25, 0.3) is 0 Å². The molecule has 0 bridgehead atoms. The summed E-state index contributed by atoms with van der Waals surface area (Å²) < 4.78 is 0. The second-order valence-corrected chi connectivity index (χ2v) is 7.93. The summed E-state index contributed by atoms with van der Waals surface area (Å²) in [7, 11) is 10.8. The Labute approximate surface area is 163 Å². The minimum atomic E-state index is -0.556. The molecule has 0 aliphatic heterocycles. The quantitative estimate of drug-likeness (QED) is 0.444. The maximum Gasteiger partial charge on any atom is 0.00525 e. The van der Waals surface area contributed by atoms with Crippen LogP contribution in [0.25, 0.3) is 6.08 Å². The van der Waals surface area contributed by atoms with Gasteiger partial charge in [-0.3, -0.25) is 0 Å². The zero-order valence-electron chi connectivity index (χ0n) is 14.6. The SMILES string of the molecule is CO.C[C-](C)C.[Cl][Ti][Cl].[c-]1ccccc1C1C=Cc2ccccc21. The number of benzene rings is 2. The molecule has 130 valence electrons. The van der Waals surface area contributed by atoms with Crippen LogP contribution in [0.5, 0.6) is 0 Å². The number of hydrogen-bond acceptors (Lipinski definition) is 1. The van der Waals surface area contributed by atoms with Crippen molar-refractivity contribution in [3.8, 4) is 0 Å². The predicted molar refractivity (Wildman–Crippen MR) is 103 cm³/mol. The molecule has 0 saturated carbocycles. The molecule has 1 N–H and O–H groups in total. The van der Waals surface area contributed by atoms with Crippen molar-refractivity contribution in [3.63, 3.8) is 0 Å². The second kappa shape index (κ2) is 14.8. The van der Waals surface area contributed by atoms with Gasteiger partial charge in [0.05, 0.1) is 0 Å². The van der Waals surface area contributed by atoms with Crippen molar-refractivity contribution in [2.24, 2.45) is 0 Å². The van der Waals surface area contributed by atoms with E-state index >= 15 is 0 Å². The molecule has 2 aromatic carbocycles. The van der Waals surface area contributed by atoms with Gasteiger partial charge in [-0.1, -0.05) is 36.4 Å². The Balaban J connectivity index is 0.000000501. The van der Waals surface area contributed by atoms with E-state index in [2.05, 4.69) is 75.4 Å². The summed E-state index contributed by atoms with van der Waals surface area (Å²) in [5, 5.41) is 7.00. The van der Waals surface area contributed by atoms with Gasteiger partial charge in [-0.2, -0.15) is 56.7 Å². The third-order valence-electron chi connectivity index (χ3n) is 2.87. The van der Waals surface area contributed by atoms with Gasteiger partial charge in [0.15, 0.2) is 0 Å². The summed E-state index contributed by atoms with van der Waals surface area (Å²) in [6.45, 7) is 6.25. The number of fused-ring (bicyclic) bond motifs is 1. The number of hydrogen-bond donors (Lipinski definition) is 1. The van der Waals surface area contributed by atoms with Crippen molar-refractivity contribution in [2.75, 3.05) is 7.11 Å². The zero-order chi connectivity index (χ0) is 18.4. The van der Waals surface area contributed by atoms with Gasteiger partial charge in [0.1, 0.15) is 0 Å². The van der Waals surface area contributed by atoms with Gasteiger partial charge in [0, 0.05) is 13.0 Å². The molecule has 2 aromatic rings. The molecule has 0 radical (unpaired) electrons. The topological polar surface area (TPSA) is 20.2 Å². The van der Waals surface area contributed by atoms with Crippen molar-refractivity contribution >= 4 is 24.7 Å². The van der Waals surface area contributed by atoms with E-state index in [1.165, 1.54) is 22.6 Å². The largest absolute Gasteiger partial charge is 0.179 e. The van der Waals surface area contributed by atoms with Crippen LogP contribution >= 0.6 is 18.6 Å². The fourth-order valence-electron chi connectivity index (χ4n) is 2.12. The van der Waals surface area contributed by atoms with Crippen LogP contribution < -0.4 is 0 Å². The predicted octanol–water partition coefficient (Wildman–Crippen LogP) is 6.25. The van der Waals surface area contributed by atoms with Crippen LogP contribution in [-0.4, -0.2) is 12.2 Å². The van der Waals surface area contributed by atoms with Crippen LogP contribution in [0.4, 0.5) is 0 Å². The fourth-order valence-corrected chi connectivity index (χ4v) is 2.12. The van der Waals surface area contributed by atoms with E-state index in [1.807, 2.05) is 12.1 Å². The van der Waals surface area contributed by atoms with Gasteiger partial charge in [0.2, 0.25) is 0 Å². The van der Waals surface area contributed by atoms with Crippen molar-refractivity contribution in [1.29, 1.82) is 0 Å². The summed E-state index contributed by atoms with van der Waals surface area (Å²) >= 11 is -0.556. The molecule has 1 aliphatic rings. The maximum atomic E-state index is 7.00. The Bertz CT molecular complexity index is 568. The third-order valence-corrected chi connectivity index (χ3v) is 2.87. The molecule has 0 fully saturated rings. The normalized spacial score (nSPS) is 13.4. The summed E-state index contributed by atoms with van der Waals surface area (Å²) in [6, 6.07) is 20.0. The Hall–Kier alpha value is -0.566. The summed E-state index contributed by atoms with van der Waals surface area (Å²) in [5.41, 5.74) is 3.97. The minimum absolute atomic E-state index is 0.391. The first-order valence-corrected chi connectivity index (χ1v) is 11.8. The molecule has 4 heteroatoms. The smallest absolute Gasteiger partial charge is 0.00525 e. The molecule has 0 amide bonds. The summed E-state index contributed by atoms with van der Waals surface area (Å²) in [4.78, 5) is 0. The monoisotopic (exact) mass is 398 g/mol. The Morgan fingerprint density at radius 2 is 1.54 bits per heavy atom. The molecule has 0 saturated heterocycles. The van der Waals surface area contributed by atoms with Crippen LogP contribution in [0.2, 0.25) is 0 Å². The molecular formula is C20H24Cl2OTi-2. The average Bonchev–Trinajstić information content (AvgIpc) is 3.02. The number of aliphatic hydroxyl groups is 1. The summed E-state index contributed by atoms with van der Waals surface area (Å²) in [6.07, 6.45) is 4.44. The molecule has 0 aromatic heterocycles. The van der Waals surface area contributed by atoms with Gasteiger partial charge < -0.3 is 11.0 Å². The van der Waals surface area contributed by atoms with Crippen LogP contribution in [0.1, 0.15) is 43.4 Å². The van der Waals surface area contributed by atoms with Crippen LogP contribution in [0.15, 0.2) is 54.6 Å². The molecule has 1 atom stereocenters. The van der Waals surface area contributed by atoms with E-state index in [0.717, 1.165) is 7.11 Å². The van der Waals surface area contributed by atoms with Gasteiger partial charge in [-0.15, -0.1) is 0 Å². The van der Waals surface area contributed by atoms with E-state index < -0.39 is 17.0 Å². The number of allylic oxidation sites excluding steroid dienone is 1.